The van der Waals surface area contributed by atoms with Gasteiger partial charge in [0.15, 0.2) is 0 Å². The molecule has 3 rings (SSSR count). The third kappa shape index (κ3) is 6.63. The zero-order valence-corrected chi connectivity index (χ0v) is 20.1. The molecule has 172 valence electrons. The Morgan fingerprint density at radius 2 is 1.69 bits per heavy atom. The van der Waals surface area contributed by atoms with Crippen molar-refractivity contribution in [2.24, 2.45) is 0 Å². The lowest BCUT2D eigenvalue weighted by Gasteiger charge is -2.31. The highest BCUT2D eigenvalue weighted by Gasteiger charge is 2.28. The number of methoxy groups -OCH3 is 1. The minimum atomic E-state index is -0.614. The summed E-state index contributed by atoms with van der Waals surface area (Å²) in [5, 5.41) is 4.02. The number of rotatable bonds is 8. The van der Waals surface area contributed by atoms with E-state index in [9.17, 15) is 9.59 Å². The number of nitrogens with zero attached hydrogens (tertiary/aromatic N) is 1. The molecule has 5 nitrogen and oxygen atoms in total. The van der Waals surface area contributed by atoms with Gasteiger partial charge >= 0.3 is 0 Å². The van der Waals surface area contributed by atoms with Crippen molar-refractivity contribution in [2.75, 3.05) is 7.11 Å². The molecule has 0 aromatic heterocycles. The van der Waals surface area contributed by atoms with Crippen LogP contribution in [0.2, 0.25) is 10.0 Å². The summed E-state index contributed by atoms with van der Waals surface area (Å²) in [5.41, 5.74) is 1.68. The van der Waals surface area contributed by atoms with Crippen LogP contribution in [0.5, 0.6) is 5.75 Å². The second kappa shape index (κ2) is 11.6. The number of nitrogens with one attached hydrogen (secondary N) is 1. The van der Waals surface area contributed by atoms with Crippen LogP contribution in [0.1, 0.15) is 50.2 Å². The van der Waals surface area contributed by atoms with E-state index in [0.717, 1.165) is 42.6 Å². The quantitative estimate of drug-likeness (QED) is 0.553. The molecule has 0 heterocycles. The normalized spacial score (nSPS) is 15.1. The molecule has 0 aliphatic heterocycles. The minimum absolute atomic E-state index is 0.125. The van der Waals surface area contributed by atoms with Crippen LogP contribution in [-0.4, -0.2) is 35.9 Å². The highest BCUT2D eigenvalue weighted by Crippen LogP contribution is 2.24. The lowest BCUT2D eigenvalue weighted by atomic mass is 9.95. The van der Waals surface area contributed by atoms with E-state index in [0.29, 0.717) is 10.0 Å². The Hall–Kier alpha value is -2.24. The molecule has 1 atom stereocenters. The fourth-order valence-electron chi connectivity index (χ4n) is 4.01. The molecule has 1 aliphatic rings. The summed E-state index contributed by atoms with van der Waals surface area (Å²) in [6.07, 6.45) is 5.64. The van der Waals surface area contributed by atoms with Crippen molar-refractivity contribution >= 4 is 35.0 Å². The van der Waals surface area contributed by atoms with Gasteiger partial charge in [-0.3, -0.25) is 9.59 Å². The molecule has 32 heavy (non-hydrogen) atoms. The number of halogens is 2. The van der Waals surface area contributed by atoms with Crippen molar-refractivity contribution in [3.8, 4) is 5.75 Å². The van der Waals surface area contributed by atoms with Gasteiger partial charge in [0.05, 0.1) is 23.6 Å². The number of benzene rings is 2. The summed E-state index contributed by atoms with van der Waals surface area (Å²) in [4.78, 5) is 28.0. The molecule has 0 saturated heterocycles. The Kier molecular flexibility index (Phi) is 8.83. The second-order valence-electron chi connectivity index (χ2n) is 8.31. The first kappa shape index (κ1) is 24.4. The Bertz CT molecular complexity index is 927. The van der Waals surface area contributed by atoms with Crippen molar-refractivity contribution in [2.45, 2.75) is 64.1 Å². The SMILES string of the molecule is COc1ccc(CC(=O)N(Cc2ccc(Cl)c(Cl)c2)C(C)C(=O)NC2CCCCC2)cc1. The van der Waals surface area contributed by atoms with Gasteiger partial charge in [-0.25, -0.2) is 0 Å². The monoisotopic (exact) mass is 476 g/mol. The molecule has 1 unspecified atom stereocenters. The van der Waals surface area contributed by atoms with Crippen LogP contribution in [0.25, 0.3) is 0 Å². The predicted octanol–water partition coefficient (Wildman–Crippen LogP) is 5.41. The molecule has 0 spiro atoms. The maximum absolute atomic E-state index is 13.3. The third-order valence-electron chi connectivity index (χ3n) is 5.97. The van der Waals surface area contributed by atoms with Crippen molar-refractivity contribution in [3.63, 3.8) is 0 Å². The van der Waals surface area contributed by atoms with Gasteiger partial charge in [-0.2, -0.15) is 0 Å². The van der Waals surface area contributed by atoms with E-state index in [2.05, 4.69) is 5.32 Å². The zero-order chi connectivity index (χ0) is 23.1. The number of ether oxygens (including phenoxy) is 1. The summed E-state index contributed by atoms with van der Waals surface area (Å²) >= 11 is 12.2. The summed E-state index contributed by atoms with van der Waals surface area (Å²) < 4.78 is 5.19. The molecule has 1 fully saturated rings. The lowest BCUT2D eigenvalue weighted by Crippen LogP contribution is -2.50. The highest BCUT2D eigenvalue weighted by atomic mass is 35.5. The molecular formula is C25H30Cl2N2O3. The molecule has 0 bridgehead atoms. The Labute approximate surface area is 200 Å². The Morgan fingerprint density at radius 3 is 2.31 bits per heavy atom. The molecule has 1 N–H and O–H groups in total. The number of hydrogen-bond donors (Lipinski definition) is 1. The Morgan fingerprint density at radius 1 is 1.03 bits per heavy atom. The largest absolute Gasteiger partial charge is 0.497 e. The first-order chi connectivity index (χ1) is 15.4. The van der Waals surface area contributed by atoms with E-state index in [1.54, 1.807) is 31.1 Å². The Balaban J connectivity index is 1.77. The summed E-state index contributed by atoms with van der Waals surface area (Å²) in [6.45, 7) is 2.05. The maximum atomic E-state index is 13.3. The molecule has 2 aromatic carbocycles. The van der Waals surface area contributed by atoms with E-state index in [1.807, 2.05) is 30.3 Å². The van der Waals surface area contributed by atoms with Gasteiger partial charge in [-0.05, 0) is 55.2 Å². The molecule has 2 amide bonds. The van der Waals surface area contributed by atoms with E-state index in [4.69, 9.17) is 27.9 Å². The van der Waals surface area contributed by atoms with Crippen LogP contribution < -0.4 is 10.1 Å². The van der Waals surface area contributed by atoms with Crippen LogP contribution in [0.3, 0.4) is 0 Å². The molecule has 1 saturated carbocycles. The van der Waals surface area contributed by atoms with Crippen molar-refractivity contribution in [3.05, 3.63) is 63.6 Å². The number of carbonyl (C=O) groups excluding carboxylic acids is 2. The predicted molar refractivity (Wildman–Crippen MR) is 128 cm³/mol. The van der Waals surface area contributed by atoms with E-state index in [1.165, 1.54) is 6.42 Å². The van der Waals surface area contributed by atoms with Crippen LogP contribution in [0, 0.1) is 0 Å². The second-order valence-corrected chi connectivity index (χ2v) is 9.13. The maximum Gasteiger partial charge on any atom is 0.242 e. The summed E-state index contributed by atoms with van der Waals surface area (Å²) in [7, 11) is 1.60. The van der Waals surface area contributed by atoms with Crippen LogP contribution in [0.15, 0.2) is 42.5 Å². The zero-order valence-electron chi connectivity index (χ0n) is 18.6. The van der Waals surface area contributed by atoms with Gasteiger partial charge in [0.2, 0.25) is 11.8 Å². The lowest BCUT2D eigenvalue weighted by molar-refractivity contribution is -0.140. The summed E-state index contributed by atoms with van der Waals surface area (Å²) in [6, 6.07) is 12.2. The average Bonchev–Trinajstić information content (AvgIpc) is 2.80. The fourth-order valence-corrected chi connectivity index (χ4v) is 4.33. The van der Waals surface area contributed by atoms with E-state index < -0.39 is 6.04 Å². The van der Waals surface area contributed by atoms with E-state index >= 15 is 0 Å². The van der Waals surface area contributed by atoms with Gasteiger partial charge < -0.3 is 15.0 Å². The third-order valence-corrected chi connectivity index (χ3v) is 6.71. The van der Waals surface area contributed by atoms with Gasteiger partial charge in [0.25, 0.3) is 0 Å². The van der Waals surface area contributed by atoms with E-state index in [-0.39, 0.29) is 30.8 Å². The fraction of sp³-hybridized carbons (Fsp3) is 0.440. The van der Waals surface area contributed by atoms with Gasteiger partial charge in [0.1, 0.15) is 11.8 Å². The topological polar surface area (TPSA) is 58.6 Å². The molecule has 2 aromatic rings. The number of amides is 2. The van der Waals surface area contributed by atoms with Crippen LogP contribution in [0.4, 0.5) is 0 Å². The van der Waals surface area contributed by atoms with Crippen LogP contribution >= 0.6 is 23.2 Å². The van der Waals surface area contributed by atoms with Gasteiger partial charge in [0, 0.05) is 12.6 Å². The van der Waals surface area contributed by atoms with Crippen LogP contribution in [-0.2, 0) is 22.6 Å². The highest BCUT2D eigenvalue weighted by molar-refractivity contribution is 6.42. The smallest absolute Gasteiger partial charge is 0.242 e. The minimum Gasteiger partial charge on any atom is -0.497 e. The van der Waals surface area contributed by atoms with Gasteiger partial charge in [-0.15, -0.1) is 0 Å². The van der Waals surface area contributed by atoms with Crippen molar-refractivity contribution < 1.29 is 14.3 Å². The molecule has 7 heteroatoms. The summed E-state index contributed by atoms with van der Waals surface area (Å²) in [5.74, 6) is 0.474. The number of hydrogen-bond acceptors (Lipinski definition) is 3. The molecule has 1 aliphatic carbocycles. The number of carbonyl (C=O) groups is 2. The molecular weight excluding hydrogens is 447 g/mol. The first-order valence-corrected chi connectivity index (χ1v) is 11.8. The first-order valence-electron chi connectivity index (χ1n) is 11.0. The van der Waals surface area contributed by atoms with Gasteiger partial charge in [-0.1, -0.05) is 60.7 Å². The van der Waals surface area contributed by atoms with Crippen molar-refractivity contribution in [1.82, 2.24) is 10.2 Å². The average molecular weight is 477 g/mol. The van der Waals surface area contributed by atoms with Crippen molar-refractivity contribution in [1.29, 1.82) is 0 Å². The molecule has 0 radical (unpaired) electrons. The standard InChI is InChI=1S/C25H30Cl2N2O3/c1-17(25(31)28-20-6-4-3-5-7-20)29(16-19-10-13-22(26)23(27)14-19)24(30)15-18-8-11-21(32-2)12-9-18/h8-14,17,20H,3-7,15-16H2,1-2H3,(H,28,31).